The first kappa shape index (κ1) is 89.4. The van der Waals surface area contributed by atoms with Gasteiger partial charge in [-0.15, -0.1) is 11.3 Å². The van der Waals surface area contributed by atoms with Gasteiger partial charge >= 0.3 is 11.9 Å². The van der Waals surface area contributed by atoms with Crippen LogP contribution in [0.2, 0.25) is 0 Å². The van der Waals surface area contributed by atoms with Gasteiger partial charge in [-0.3, -0.25) is 14.6 Å². The normalized spacial score (nSPS) is 45.3. The highest BCUT2D eigenvalue weighted by atomic mass is 32.1. The maximum Gasteiger partial charge on any atom is 0.358 e. The molecule has 3 heterocycles. The number of carboxylic acid groups (broad SMARTS) is 2. The van der Waals surface area contributed by atoms with E-state index in [2.05, 4.69) is 182 Å². The molecule has 3 aromatic rings. The van der Waals surface area contributed by atoms with Gasteiger partial charge in [0.05, 0.1) is 11.9 Å². The van der Waals surface area contributed by atoms with E-state index in [1.807, 2.05) is 25.1 Å². The largest absolute Gasteiger partial charge is 0.477 e. The monoisotopic (exact) mass is 1660 g/mol. The number of fused-ring (bicyclic) bond motifs is 21. The van der Waals surface area contributed by atoms with Gasteiger partial charge in [-0.2, -0.15) is 0 Å². The molecule has 18 rings (SSSR count). The fourth-order valence-corrected chi connectivity index (χ4v) is 38.4. The molecule has 10 nitrogen and oxygen atoms in total. The molecule has 0 aromatic carbocycles. The fourth-order valence-electron chi connectivity index (χ4n) is 37.4. The zero-order valence-electron chi connectivity index (χ0n) is 77.7. The number of carboxylic acids is 2. The van der Waals surface area contributed by atoms with Crippen molar-refractivity contribution in [2.24, 2.45) is 170 Å². The molecule has 120 heavy (non-hydrogen) atoms. The SMILES string of the molecule is C.C=C(C)[C@@H]1CC[C@]2(C(C)=O)CC[C@]3(C)[C@H](CC[C@@H]4[C@@]5(C)CC=C(c6ccc(C(=O)O)s6)C(C)(C)[C@@H]5CC[C@]43C)[C@@H]12.C=C(C)[C@@H]1CC[C@]2(CC)CC[C@]3(C)[C@H](CC[C@@H]4[C@@]5(C)CC=C(c6cc(C(=O)O)no6)C(C)(C)[C@@H]5CC[C@]43C)[C@@H]12.C=C(C)[C@@H]1CC[C@]2(CC)CC[C@]3(C)[C@H](CC[C@@H]4[C@@]5(C)CC=C(c6ccc(OC=O)cn6)C(C)(C)[C@@H]5CC[C@]43C)[C@@H]12. The van der Waals surface area contributed by atoms with Crippen molar-refractivity contribution in [3.05, 3.63) is 118 Å². The first-order valence-corrected chi connectivity index (χ1v) is 48.8. The first-order chi connectivity index (χ1) is 55.8. The van der Waals surface area contributed by atoms with Gasteiger partial charge < -0.3 is 19.5 Å². The van der Waals surface area contributed by atoms with E-state index in [4.69, 9.17) is 14.2 Å². The van der Waals surface area contributed by atoms with Gasteiger partial charge in [0.2, 0.25) is 0 Å². The summed E-state index contributed by atoms with van der Waals surface area (Å²) in [5.41, 5.74) is 12.8. The minimum absolute atomic E-state index is 0. The van der Waals surface area contributed by atoms with Crippen LogP contribution in [0.15, 0.2) is 95.7 Å². The van der Waals surface area contributed by atoms with Crippen LogP contribution in [0.4, 0.5) is 0 Å². The Kier molecular flexibility index (Phi) is 22.4. The smallest absolute Gasteiger partial charge is 0.358 e. The summed E-state index contributed by atoms with van der Waals surface area (Å²) in [5.74, 6) is 9.86. The van der Waals surface area contributed by atoms with Crippen LogP contribution in [0.5, 0.6) is 5.75 Å². The molecule has 0 spiro atoms. The number of pyridine rings is 1. The van der Waals surface area contributed by atoms with Crippen molar-refractivity contribution < 1.29 is 38.7 Å². The van der Waals surface area contributed by atoms with Crippen LogP contribution >= 0.6 is 11.3 Å². The molecule has 0 aliphatic heterocycles. The average Bonchev–Trinajstić information content (AvgIpc) is 1.26. The highest BCUT2D eigenvalue weighted by Crippen LogP contribution is 2.83. The molecule has 658 valence electrons. The Bertz CT molecular complexity index is 4650. The molecule has 0 saturated heterocycles. The van der Waals surface area contributed by atoms with Gasteiger partial charge in [-0.1, -0.05) is 198 Å². The number of hydrogen-bond acceptors (Lipinski definition) is 9. The quantitative estimate of drug-likeness (QED) is 0.125. The molecule has 11 heteroatoms. The molecular weight excluding hydrogens is 1500 g/mol. The second kappa shape index (κ2) is 30.1. The van der Waals surface area contributed by atoms with E-state index < -0.39 is 11.9 Å². The lowest BCUT2D eigenvalue weighted by atomic mass is 9.32. The summed E-state index contributed by atoms with van der Waals surface area (Å²) in [4.78, 5) is 53.5. The van der Waals surface area contributed by atoms with E-state index in [-0.39, 0.29) is 56.4 Å². The average molecular weight is 1660 g/mol. The molecule has 3 aromatic heterocycles. The number of allylic oxidation sites excluding steroid dienone is 9. The van der Waals surface area contributed by atoms with Crippen molar-refractivity contribution in [2.75, 3.05) is 0 Å². The van der Waals surface area contributed by atoms with Crippen LogP contribution < -0.4 is 4.74 Å². The van der Waals surface area contributed by atoms with Crippen molar-refractivity contribution in [1.29, 1.82) is 0 Å². The predicted molar refractivity (Wildman–Crippen MR) is 491 cm³/mol. The molecule has 12 fully saturated rings. The third-order valence-electron chi connectivity index (χ3n) is 43.7. The van der Waals surface area contributed by atoms with Crippen LogP contribution in [0, 0.1) is 170 Å². The number of nitrogens with zero attached hydrogens (tertiary/aromatic N) is 2. The van der Waals surface area contributed by atoms with Crippen molar-refractivity contribution in [2.45, 2.75) is 339 Å². The number of carbonyl (C=O) groups excluding carboxylic acids is 2. The number of thiophene rings is 1. The van der Waals surface area contributed by atoms with Crippen LogP contribution in [-0.4, -0.2) is 44.5 Å². The second-order valence-corrected chi connectivity index (χ2v) is 48.9. The Morgan fingerprint density at radius 3 is 1.29 bits per heavy atom. The topological polar surface area (TPSA) is 157 Å². The third kappa shape index (κ3) is 12.4. The summed E-state index contributed by atoms with van der Waals surface area (Å²) in [5, 5.41) is 22.8. The third-order valence-corrected chi connectivity index (χ3v) is 44.8. The molecule has 0 amide bonds. The van der Waals surface area contributed by atoms with E-state index in [1.54, 1.807) is 18.3 Å². The summed E-state index contributed by atoms with van der Waals surface area (Å²) in [6, 6.07) is 9.35. The maximum atomic E-state index is 13.3. The molecule has 15 aliphatic carbocycles. The Balaban J connectivity index is 0.000000140. The maximum absolute atomic E-state index is 13.3. The van der Waals surface area contributed by atoms with Crippen LogP contribution in [0.25, 0.3) is 16.7 Å². The summed E-state index contributed by atoms with van der Waals surface area (Å²) >= 11 is 1.44. The van der Waals surface area contributed by atoms with Gasteiger partial charge in [-0.25, -0.2) is 9.59 Å². The molecule has 2 N–H and O–H groups in total. The van der Waals surface area contributed by atoms with Gasteiger partial charge in [0.25, 0.3) is 6.47 Å². The number of rotatable bonds is 13. The van der Waals surface area contributed by atoms with Crippen molar-refractivity contribution in [3.8, 4) is 5.75 Å². The summed E-state index contributed by atoms with van der Waals surface area (Å²) in [7, 11) is 0. The van der Waals surface area contributed by atoms with E-state index in [1.165, 1.54) is 187 Å². The van der Waals surface area contributed by atoms with Crippen LogP contribution in [0.3, 0.4) is 0 Å². The fraction of sp³-hybridized carbons (Fsp3) is 0.743. The first-order valence-electron chi connectivity index (χ1n) is 48.0. The second-order valence-electron chi connectivity index (χ2n) is 47.8. The van der Waals surface area contributed by atoms with Crippen LogP contribution in [-0.2, 0) is 9.59 Å². The minimum Gasteiger partial charge on any atom is -0.477 e. The van der Waals surface area contributed by atoms with Crippen molar-refractivity contribution >= 4 is 52.3 Å². The number of Topliss-reactive ketones (excluding diaryl/α,β-unsaturated/α-hetero) is 1. The zero-order chi connectivity index (χ0) is 85.9. The van der Waals surface area contributed by atoms with Gasteiger partial charge in [0.15, 0.2) is 11.5 Å². The number of carbonyl (C=O) groups is 4. The standard InChI is InChI=1S/C37H53NO2.C36H50O3S.C35H51NO3.CH4/c1-9-37-19-14-26(24(2)3)32(37)28-11-13-31-34(6)17-15-27(29-12-10-25(22-38-29)40-23-39)33(4,5)30(34)16-18-36(31,8)35(28,7)20-21-37;1-21(2)23-13-18-36(22(3)37)20-19-34(7)25(30(23)36)9-12-29-33(6)16-14-24(26-10-11-27(40-26)31(38)39)32(4,5)28(33)15-17-35(29,34)8;1-9-35-17-12-22(21(2)3)29(35)24-10-11-28-32(6)15-13-23(26-20-25(30(37)38)36-39-26)31(4,5)27(32)14-16-34(28,8)33(24,7)18-19-35;/h10,12,15,22-23,26,28,30-32H,2,9,11,13-14,16-21H2,1,3-8H3;10-11,14,23,25,28-30H,1,9,12-13,15-20H2,2-8H3,(H,38,39);13,20,22,24,27-29H,2,9-12,14-19H2,1,3-8H3,(H,37,38);1H4/t26-,28+,30-,31+,32+,34-,35+,36+,37+;23-,25+,28-,29+,30+,33-,34+,35+,36+;22-,24+,27-,28+,29+,32-,33+,34+,35+;/m000./s1. The highest BCUT2D eigenvalue weighted by Gasteiger charge is 2.75. The lowest BCUT2D eigenvalue weighted by molar-refractivity contribution is -0.225. The van der Waals surface area contributed by atoms with Crippen molar-refractivity contribution in [3.63, 3.8) is 0 Å². The van der Waals surface area contributed by atoms with Crippen molar-refractivity contribution in [1.82, 2.24) is 10.1 Å². The molecule has 0 unspecified atom stereocenters. The molecule has 27 atom stereocenters. The van der Waals surface area contributed by atoms with Gasteiger partial charge in [0, 0.05) is 16.4 Å². The minimum atomic E-state index is -1.03. The number of hydrogen-bond donors (Lipinski definition) is 2. The molecular formula is C109H158N2O8S. The summed E-state index contributed by atoms with van der Waals surface area (Å²) in [6.07, 6.45) is 46.4. The number of aromatic carboxylic acids is 2. The Hall–Kier alpha value is -5.42. The predicted octanol–water partition coefficient (Wildman–Crippen LogP) is 29.4. The summed E-state index contributed by atoms with van der Waals surface area (Å²) < 4.78 is 10.6. The van der Waals surface area contributed by atoms with Gasteiger partial charge in [0.1, 0.15) is 16.4 Å². The van der Waals surface area contributed by atoms with Crippen LogP contribution in [0.1, 0.15) is 376 Å². The zero-order valence-corrected chi connectivity index (χ0v) is 78.5. The van der Waals surface area contributed by atoms with E-state index in [0.717, 1.165) is 90.2 Å². The molecule has 0 radical (unpaired) electrons. The number of aromatic nitrogens is 2. The Labute approximate surface area is 729 Å². The lowest BCUT2D eigenvalue weighted by Crippen LogP contribution is -2.65. The lowest BCUT2D eigenvalue weighted by Gasteiger charge is -2.72. The van der Waals surface area contributed by atoms with E-state index in [9.17, 15) is 29.4 Å². The van der Waals surface area contributed by atoms with Gasteiger partial charge in [-0.05, 0) is 407 Å². The highest BCUT2D eigenvalue weighted by molar-refractivity contribution is 7.15. The molecule has 15 aliphatic rings. The summed E-state index contributed by atoms with van der Waals surface area (Å²) in [6.45, 7) is 66.3. The number of ether oxygens (including phenoxy) is 1. The van der Waals surface area contributed by atoms with E-state index in [0.29, 0.717) is 120 Å². The molecule has 12 saturated carbocycles. The van der Waals surface area contributed by atoms with E-state index >= 15 is 0 Å². The Morgan fingerprint density at radius 1 is 0.475 bits per heavy atom. The molecule has 0 bridgehead atoms. The Morgan fingerprint density at radius 2 is 0.892 bits per heavy atom. The number of ketones is 1.